The molecule has 0 aliphatic carbocycles. The second kappa shape index (κ2) is 10.7. The third-order valence-corrected chi connectivity index (χ3v) is 6.39. The normalized spacial score (nSPS) is 11.2. The van der Waals surface area contributed by atoms with Crippen molar-refractivity contribution >= 4 is 32.6 Å². The number of sulfone groups is 1. The number of nitro benzene ring substituents is 2. The molecule has 0 aromatic heterocycles. The first kappa shape index (κ1) is 24.1. The number of unbranched alkanes of at least 4 members (excludes halogenated alkanes) is 2. The molecule has 0 radical (unpaired) electrons. The van der Waals surface area contributed by atoms with Gasteiger partial charge in [0, 0.05) is 25.2 Å². The molecule has 0 aliphatic rings. The van der Waals surface area contributed by atoms with Gasteiger partial charge in [-0.05, 0) is 37.1 Å². The van der Waals surface area contributed by atoms with Gasteiger partial charge in [-0.2, -0.15) is 0 Å². The van der Waals surface area contributed by atoms with Crippen LogP contribution in [0.25, 0.3) is 0 Å². The summed E-state index contributed by atoms with van der Waals surface area (Å²) in [6.07, 6.45) is 3.41. The van der Waals surface area contributed by atoms with E-state index in [1.807, 2.05) is 13.8 Å². The monoisotopic (exact) mass is 450 g/mol. The number of nitrogens with zero attached hydrogens (tertiary/aromatic N) is 2. The summed E-state index contributed by atoms with van der Waals surface area (Å²) in [5.74, 6) is 0. The lowest BCUT2D eigenvalue weighted by molar-refractivity contribution is -0.384. The highest BCUT2D eigenvalue weighted by molar-refractivity contribution is 7.91. The van der Waals surface area contributed by atoms with Crippen LogP contribution in [0.2, 0.25) is 0 Å². The summed E-state index contributed by atoms with van der Waals surface area (Å²) in [6.45, 7) is 5.00. The zero-order valence-corrected chi connectivity index (χ0v) is 18.3. The lowest BCUT2D eigenvalue weighted by Crippen LogP contribution is -2.08. The first-order chi connectivity index (χ1) is 14.7. The third-order valence-electron chi connectivity index (χ3n) is 4.64. The van der Waals surface area contributed by atoms with Crippen LogP contribution in [0.5, 0.6) is 0 Å². The predicted octanol–water partition coefficient (Wildman–Crippen LogP) is 4.76. The van der Waals surface area contributed by atoms with E-state index in [0.717, 1.165) is 37.8 Å². The molecule has 0 unspecified atom stereocenters. The van der Waals surface area contributed by atoms with Crippen molar-refractivity contribution in [2.45, 2.75) is 49.3 Å². The van der Waals surface area contributed by atoms with Crippen LogP contribution in [0, 0.1) is 20.2 Å². The molecule has 0 amide bonds. The molecule has 2 aromatic rings. The minimum absolute atomic E-state index is 0.221. The summed E-state index contributed by atoms with van der Waals surface area (Å²) < 4.78 is 26.1. The molecular weight excluding hydrogens is 424 g/mol. The Hall–Kier alpha value is -3.21. The molecule has 0 heterocycles. The average molecular weight is 451 g/mol. The van der Waals surface area contributed by atoms with Gasteiger partial charge in [0.25, 0.3) is 11.4 Å². The maximum Gasteiger partial charge on any atom is 0.293 e. The van der Waals surface area contributed by atoms with Crippen molar-refractivity contribution in [3.63, 3.8) is 0 Å². The van der Waals surface area contributed by atoms with Crippen molar-refractivity contribution in [3.8, 4) is 0 Å². The topological polar surface area (TPSA) is 144 Å². The van der Waals surface area contributed by atoms with Crippen LogP contribution in [0.3, 0.4) is 0 Å². The first-order valence-electron chi connectivity index (χ1n) is 10.0. The fourth-order valence-corrected chi connectivity index (χ4v) is 4.19. The summed E-state index contributed by atoms with van der Waals surface area (Å²) >= 11 is 0. The van der Waals surface area contributed by atoms with E-state index in [2.05, 4.69) is 10.6 Å². The number of benzene rings is 2. The molecule has 0 atom stereocenters. The molecular formula is C20H26N4O6S. The maximum absolute atomic E-state index is 13.0. The Balaban J connectivity index is 2.44. The summed E-state index contributed by atoms with van der Waals surface area (Å²) in [5.41, 5.74) is -0.299. The maximum atomic E-state index is 13.0. The Kier molecular flexibility index (Phi) is 8.31. The summed E-state index contributed by atoms with van der Waals surface area (Å²) in [4.78, 5) is 21.0. The van der Waals surface area contributed by atoms with E-state index in [4.69, 9.17) is 0 Å². The van der Waals surface area contributed by atoms with E-state index in [1.54, 1.807) is 0 Å². The highest BCUT2D eigenvalue weighted by atomic mass is 32.2. The van der Waals surface area contributed by atoms with E-state index in [9.17, 15) is 28.6 Å². The molecule has 11 heteroatoms. The smallest absolute Gasteiger partial charge is 0.293 e. The number of nitrogens with one attached hydrogen (secondary N) is 2. The Morgan fingerprint density at radius 2 is 1.16 bits per heavy atom. The van der Waals surface area contributed by atoms with Crippen molar-refractivity contribution in [2.24, 2.45) is 0 Å². The Morgan fingerprint density at radius 1 is 0.774 bits per heavy atom. The van der Waals surface area contributed by atoms with E-state index < -0.39 is 19.7 Å². The molecule has 0 saturated carbocycles. The largest absolute Gasteiger partial charge is 0.379 e. The van der Waals surface area contributed by atoms with Gasteiger partial charge in [0.15, 0.2) is 0 Å². The van der Waals surface area contributed by atoms with E-state index >= 15 is 0 Å². The molecule has 0 fully saturated rings. The number of hydrogen-bond acceptors (Lipinski definition) is 8. The zero-order valence-electron chi connectivity index (χ0n) is 17.5. The molecule has 2 aromatic carbocycles. The van der Waals surface area contributed by atoms with Gasteiger partial charge in [-0.3, -0.25) is 20.2 Å². The van der Waals surface area contributed by atoms with Crippen LogP contribution in [-0.2, 0) is 9.84 Å². The standard InChI is InChI=1S/C20H26N4O6S/c1-3-5-11-21-17-9-7-15(13-19(17)23(25)26)31(29,30)16-8-10-18(22-12-6-4-2)20(14-16)24(27)28/h7-10,13-14,21-22H,3-6,11-12H2,1-2H3. The summed E-state index contributed by atoms with van der Waals surface area (Å²) in [7, 11) is -4.20. The minimum Gasteiger partial charge on any atom is -0.379 e. The van der Waals surface area contributed by atoms with Crippen LogP contribution in [0.15, 0.2) is 46.2 Å². The minimum atomic E-state index is -4.20. The number of rotatable bonds is 12. The molecule has 0 aliphatic heterocycles. The molecule has 0 spiro atoms. The van der Waals surface area contributed by atoms with Gasteiger partial charge in [-0.15, -0.1) is 0 Å². The van der Waals surface area contributed by atoms with Gasteiger partial charge in [0.1, 0.15) is 11.4 Å². The van der Waals surface area contributed by atoms with Gasteiger partial charge in [0.05, 0.1) is 19.6 Å². The molecule has 2 N–H and O–H groups in total. The number of nitro groups is 2. The van der Waals surface area contributed by atoms with Crippen molar-refractivity contribution < 1.29 is 18.3 Å². The highest BCUT2D eigenvalue weighted by Crippen LogP contribution is 2.33. The number of anilines is 2. The lowest BCUT2D eigenvalue weighted by Gasteiger charge is -2.11. The molecule has 0 saturated heterocycles. The van der Waals surface area contributed by atoms with Crippen LogP contribution in [-0.4, -0.2) is 31.4 Å². The molecule has 2 rings (SSSR count). The van der Waals surface area contributed by atoms with Crippen molar-refractivity contribution in [1.29, 1.82) is 0 Å². The van der Waals surface area contributed by atoms with Crippen LogP contribution in [0.1, 0.15) is 39.5 Å². The predicted molar refractivity (Wildman–Crippen MR) is 118 cm³/mol. The average Bonchev–Trinajstić information content (AvgIpc) is 2.74. The quantitative estimate of drug-likeness (QED) is 0.267. The SMILES string of the molecule is CCCCNc1ccc(S(=O)(=O)c2ccc(NCCCC)c([N+](=O)[O-])c2)cc1[N+](=O)[O-]. The van der Waals surface area contributed by atoms with Gasteiger partial charge in [0.2, 0.25) is 9.84 Å². The van der Waals surface area contributed by atoms with E-state index in [1.165, 1.54) is 24.3 Å². The fraction of sp³-hybridized carbons (Fsp3) is 0.400. The zero-order chi connectivity index (χ0) is 23.0. The Morgan fingerprint density at radius 3 is 1.48 bits per heavy atom. The number of hydrogen-bond donors (Lipinski definition) is 2. The van der Waals surface area contributed by atoms with Crippen LogP contribution < -0.4 is 10.6 Å². The lowest BCUT2D eigenvalue weighted by atomic mass is 10.2. The van der Waals surface area contributed by atoms with Gasteiger partial charge in [-0.25, -0.2) is 8.42 Å². The van der Waals surface area contributed by atoms with Crippen molar-refractivity contribution in [1.82, 2.24) is 0 Å². The van der Waals surface area contributed by atoms with E-state index in [-0.39, 0.29) is 32.5 Å². The van der Waals surface area contributed by atoms with Crippen molar-refractivity contribution in [2.75, 3.05) is 23.7 Å². The van der Waals surface area contributed by atoms with E-state index in [0.29, 0.717) is 13.1 Å². The van der Waals surface area contributed by atoms with Gasteiger partial charge in [-0.1, -0.05) is 26.7 Å². The molecule has 0 bridgehead atoms. The Bertz CT molecular complexity index is 978. The van der Waals surface area contributed by atoms with Gasteiger partial charge < -0.3 is 10.6 Å². The fourth-order valence-electron chi connectivity index (χ4n) is 2.89. The first-order valence-corrected chi connectivity index (χ1v) is 11.5. The van der Waals surface area contributed by atoms with Gasteiger partial charge >= 0.3 is 0 Å². The second-order valence-corrected chi connectivity index (χ2v) is 8.89. The third kappa shape index (κ3) is 5.91. The Labute approximate surface area is 180 Å². The second-order valence-electron chi connectivity index (χ2n) is 6.94. The van der Waals surface area contributed by atoms with Crippen LogP contribution >= 0.6 is 0 Å². The van der Waals surface area contributed by atoms with Crippen molar-refractivity contribution in [3.05, 3.63) is 56.6 Å². The molecule has 168 valence electrons. The summed E-state index contributed by atoms with van der Waals surface area (Å²) in [6, 6.07) is 7.16. The van der Waals surface area contributed by atoms with Crippen LogP contribution in [0.4, 0.5) is 22.7 Å². The molecule has 10 nitrogen and oxygen atoms in total. The summed E-state index contributed by atoms with van der Waals surface area (Å²) in [5, 5.41) is 28.8. The highest BCUT2D eigenvalue weighted by Gasteiger charge is 2.26. The molecule has 31 heavy (non-hydrogen) atoms.